The molecule has 4 nitrogen and oxygen atoms in total. The first kappa shape index (κ1) is 23.6. The summed E-state index contributed by atoms with van der Waals surface area (Å²) in [6.45, 7) is 1.79. The molecule has 1 amide bonds. The lowest BCUT2D eigenvalue weighted by atomic mass is 10.1. The van der Waals surface area contributed by atoms with Crippen molar-refractivity contribution in [2.75, 3.05) is 35.3 Å². The summed E-state index contributed by atoms with van der Waals surface area (Å²) < 4.78 is 0. The third-order valence-corrected chi connectivity index (χ3v) is 5.41. The van der Waals surface area contributed by atoms with Crippen molar-refractivity contribution >= 4 is 53.9 Å². The van der Waals surface area contributed by atoms with Gasteiger partial charge in [-0.1, -0.05) is 42.5 Å². The van der Waals surface area contributed by atoms with Crippen molar-refractivity contribution in [3.05, 3.63) is 60.2 Å². The van der Waals surface area contributed by atoms with Gasteiger partial charge in [0.25, 0.3) is 0 Å². The molecule has 0 radical (unpaired) electrons. The van der Waals surface area contributed by atoms with E-state index in [2.05, 4.69) is 34.7 Å². The van der Waals surface area contributed by atoms with E-state index in [1.54, 1.807) is 0 Å². The smallest absolute Gasteiger partial charge is 0.226 e. The third-order valence-electron chi connectivity index (χ3n) is 4.28. The monoisotopic (exact) mass is 427 g/mol. The van der Waals surface area contributed by atoms with Gasteiger partial charge < -0.3 is 15.5 Å². The first-order chi connectivity index (χ1) is 12.2. The van der Waals surface area contributed by atoms with Gasteiger partial charge in [-0.3, -0.25) is 4.79 Å². The van der Waals surface area contributed by atoms with Crippen molar-refractivity contribution < 1.29 is 4.79 Å². The van der Waals surface area contributed by atoms with Crippen LogP contribution in [0, 0.1) is 0 Å². The van der Waals surface area contributed by atoms with Crippen molar-refractivity contribution in [1.82, 2.24) is 5.32 Å². The molecule has 1 aliphatic heterocycles. The lowest BCUT2D eigenvalue weighted by Gasteiger charge is -2.25. The van der Waals surface area contributed by atoms with E-state index in [4.69, 9.17) is 0 Å². The molecule has 27 heavy (non-hydrogen) atoms. The van der Waals surface area contributed by atoms with E-state index in [9.17, 15) is 4.79 Å². The number of thioether (sulfide) groups is 1. The van der Waals surface area contributed by atoms with Crippen LogP contribution in [0.5, 0.6) is 0 Å². The lowest BCUT2D eigenvalue weighted by molar-refractivity contribution is -0.116. The Morgan fingerprint density at radius 1 is 1.15 bits per heavy atom. The van der Waals surface area contributed by atoms with Gasteiger partial charge in [0.1, 0.15) is 0 Å². The minimum absolute atomic E-state index is 0. The molecule has 2 N–H and O–H groups in total. The van der Waals surface area contributed by atoms with E-state index < -0.39 is 0 Å². The van der Waals surface area contributed by atoms with Crippen LogP contribution < -0.4 is 15.5 Å². The average Bonchev–Trinajstić information content (AvgIpc) is 2.63. The molecule has 1 aliphatic rings. The van der Waals surface area contributed by atoms with Crippen LogP contribution in [0.4, 0.5) is 11.4 Å². The van der Waals surface area contributed by atoms with Gasteiger partial charge in [-0.25, -0.2) is 0 Å². The second-order valence-electron chi connectivity index (χ2n) is 6.34. The number of rotatable bonds is 6. The highest BCUT2D eigenvalue weighted by Gasteiger charge is 2.18. The fourth-order valence-corrected chi connectivity index (χ4v) is 3.98. The zero-order valence-corrected chi connectivity index (χ0v) is 17.8. The van der Waals surface area contributed by atoms with Gasteiger partial charge in [0.05, 0.1) is 11.4 Å². The fourth-order valence-electron chi connectivity index (χ4n) is 3.03. The second kappa shape index (κ2) is 12.1. The Morgan fingerprint density at radius 3 is 2.56 bits per heavy atom. The maximum absolute atomic E-state index is 12.4. The summed E-state index contributed by atoms with van der Waals surface area (Å²) in [7, 11) is 2.05. The number of hydrogen-bond donors (Lipinski definition) is 2. The number of benzene rings is 2. The Labute approximate surface area is 178 Å². The van der Waals surface area contributed by atoms with Gasteiger partial charge in [0.15, 0.2) is 0 Å². The summed E-state index contributed by atoms with van der Waals surface area (Å²) >= 11 is 1.91. The molecule has 2 aromatic rings. The van der Waals surface area contributed by atoms with Gasteiger partial charge in [-0.2, -0.15) is 11.8 Å². The normalized spacial score (nSPS) is 15.8. The number of nitrogens with zero attached hydrogens (tertiary/aromatic N) is 1. The Bertz CT molecular complexity index is 697. The molecule has 0 spiro atoms. The van der Waals surface area contributed by atoms with Gasteiger partial charge in [0.2, 0.25) is 5.91 Å². The zero-order valence-electron chi connectivity index (χ0n) is 15.4. The van der Waals surface area contributed by atoms with Gasteiger partial charge in [-0.05, 0) is 17.7 Å². The molecule has 1 atom stereocenters. The Hall–Kier alpha value is -1.40. The van der Waals surface area contributed by atoms with Crippen LogP contribution in [0.3, 0.4) is 0 Å². The van der Waals surface area contributed by atoms with Crippen molar-refractivity contribution in [3.63, 3.8) is 0 Å². The molecule has 0 aliphatic carbocycles. The van der Waals surface area contributed by atoms with Crippen LogP contribution in [0.2, 0.25) is 0 Å². The Morgan fingerprint density at radius 2 is 1.85 bits per heavy atom. The van der Waals surface area contributed by atoms with E-state index in [0.29, 0.717) is 6.42 Å². The van der Waals surface area contributed by atoms with Gasteiger partial charge in [-0.15, -0.1) is 24.8 Å². The highest BCUT2D eigenvalue weighted by Crippen LogP contribution is 2.26. The predicted octanol–water partition coefficient (Wildman–Crippen LogP) is 4.20. The number of hydrogen-bond acceptors (Lipinski definition) is 4. The number of nitrogens with one attached hydrogen (secondary N) is 2. The van der Waals surface area contributed by atoms with Crippen molar-refractivity contribution in [2.24, 2.45) is 0 Å². The van der Waals surface area contributed by atoms with Crippen LogP contribution in [0.15, 0.2) is 54.6 Å². The summed E-state index contributed by atoms with van der Waals surface area (Å²) in [6, 6.07) is 18.6. The summed E-state index contributed by atoms with van der Waals surface area (Å²) in [5.41, 5.74) is 3.15. The van der Waals surface area contributed by atoms with E-state index in [1.165, 1.54) is 5.56 Å². The number of amides is 1. The summed E-state index contributed by atoms with van der Waals surface area (Å²) in [5.74, 6) is 2.20. The molecule has 148 valence electrons. The minimum Gasteiger partial charge on any atom is -0.369 e. The standard InChI is InChI=1S/C20H25N3OS.2ClH/c1-23(14-16-7-3-2-4-8-16)19-10-6-5-9-18(19)22-20(24)13-17-15-25-12-11-21-17;;/h2-10,17,21H,11-15H2,1H3,(H,22,24);2*1H. The predicted molar refractivity (Wildman–Crippen MR) is 122 cm³/mol. The first-order valence-corrected chi connectivity index (χ1v) is 9.83. The van der Waals surface area contributed by atoms with Gasteiger partial charge >= 0.3 is 0 Å². The topological polar surface area (TPSA) is 44.4 Å². The molecule has 2 aromatic carbocycles. The van der Waals surface area contributed by atoms with Crippen molar-refractivity contribution in [2.45, 2.75) is 19.0 Å². The van der Waals surface area contributed by atoms with Crippen LogP contribution in [0.1, 0.15) is 12.0 Å². The van der Waals surface area contributed by atoms with Crippen LogP contribution in [-0.2, 0) is 11.3 Å². The largest absolute Gasteiger partial charge is 0.369 e. The molecule has 3 rings (SSSR count). The minimum atomic E-state index is 0. The maximum Gasteiger partial charge on any atom is 0.226 e. The average molecular weight is 428 g/mol. The molecule has 7 heteroatoms. The molecule has 0 bridgehead atoms. The summed E-state index contributed by atoms with van der Waals surface area (Å²) in [4.78, 5) is 14.6. The Balaban J connectivity index is 0.00000182. The first-order valence-electron chi connectivity index (χ1n) is 8.67. The third kappa shape index (κ3) is 7.26. The quantitative estimate of drug-likeness (QED) is 0.724. The lowest BCUT2D eigenvalue weighted by Crippen LogP contribution is -2.40. The second-order valence-corrected chi connectivity index (χ2v) is 7.49. The fraction of sp³-hybridized carbons (Fsp3) is 0.350. The number of halogens is 2. The molecule has 1 heterocycles. The molecule has 1 fully saturated rings. The zero-order chi connectivity index (χ0) is 17.5. The number of para-hydroxylation sites is 2. The molecule has 1 saturated heterocycles. The molecule has 1 unspecified atom stereocenters. The van der Waals surface area contributed by atoms with Crippen LogP contribution >= 0.6 is 36.6 Å². The van der Waals surface area contributed by atoms with Crippen molar-refractivity contribution in [3.8, 4) is 0 Å². The highest BCUT2D eigenvalue weighted by atomic mass is 35.5. The Kier molecular flexibility index (Phi) is 10.6. The summed E-state index contributed by atoms with van der Waals surface area (Å²) in [5, 5.41) is 6.51. The van der Waals surface area contributed by atoms with Crippen molar-refractivity contribution in [1.29, 1.82) is 0 Å². The van der Waals surface area contributed by atoms with Crippen LogP contribution in [-0.4, -0.2) is 37.0 Å². The van der Waals surface area contributed by atoms with E-state index >= 15 is 0 Å². The molecular formula is C20H27Cl2N3OS. The van der Waals surface area contributed by atoms with Gasteiger partial charge in [0, 0.05) is 44.1 Å². The van der Waals surface area contributed by atoms with Crippen LogP contribution in [0.25, 0.3) is 0 Å². The van der Waals surface area contributed by atoms with E-state index in [1.807, 2.05) is 54.2 Å². The summed E-state index contributed by atoms with van der Waals surface area (Å²) in [6.07, 6.45) is 0.518. The highest BCUT2D eigenvalue weighted by molar-refractivity contribution is 7.99. The van der Waals surface area contributed by atoms with E-state index in [0.717, 1.165) is 36.0 Å². The molecule has 0 saturated carbocycles. The van der Waals surface area contributed by atoms with E-state index in [-0.39, 0.29) is 36.8 Å². The number of carbonyl (C=O) groups excluding carboxylic acids is 1. The number of carbonyl (C=O) groups is 1. The maximum atomic E-state index is 12.4. The molecule has 0 aromatic heterocycles. The number of anilines is 2. The SMILES string of the molecule is CN(Cc1ccccc1)c1ccccc1NC(=O)CC1CSCCN1.Cl.Cl. The molecular weight excluding hydrogens is 401 g/mol.